The predicted molar refractivity (Wildman–Crippen MR) is 56.0 cm³/mol. The summed E-state index contributed by atoms with van der Waals surface area (Å²) in [5, 5.41) is 0. The molecule has 0 bridgehead atoms. The smallest absolute Gasteiger partial charge is 0.231 e. The Kier molecular flexibility index (Phi) is 3.08. The third kappa shape index (κ3) is 1.78. The monoisotopic (exact) mass is 209 g/mol. The van der Waals surface area contributed by atoms with Gasteiger partial charge in [0.15, 0.2) is 11.5 Å². The molecule has 0 amide bonds. The quantitative estimate of drug-likeness (QED) is 0.694. The molecule has 15 heavy (non-hydrogen) atoms. The largest absolute Gasteiger partial charge is 0.454 e. The lowest BCUT2D eigenvalue weighted by molar-refractivity contribution is 0.109. The zero-order chi connectivity index (χ0) is 10.7. The summed E-state index contributed by atoms with van der Waals surface area (Å²) >= 11 is 0. The van der Waals surface area contributed by atoms with Gasteiger partial charge in [0.05, 0.1) is 13.2 Å². The van der Waals surface area contributed by atoms with E-state index in [0.717, 1.165) is 24.5 Å². The maximum Gasteiger partial charge on any atom is 0.231 e. The maximum atomic E-state index is 5.42. The van der Waals surface area contributed by atoms with Crippen molar-refractivity contribution in [2.24, 2.45) is 5.73 Å². The SMILES string of the molecule is CN.c1cc2c(c3c1COCC3)OCO2. The summed E-state index contributed by atoms with van der Waals surface area (Å²) in [7, 11) is 1.50. The van der Waals surface area contributed by atoms with Gasteiger partial charge in [0.1, 0.15) is 0 Å². The maximum absolute atomic E-state index is 5.42. The highest BCUT2D eigenvalue weighted by molar-refractivity contribution is 5.52. The van der Waals surface area contributed by atoms with Gasteiger partial charge in [-0.1, -0.05) is 6.07 Å². The molecule has 0 radical (unpaired) electrons. The van der Waals surface area contributed by atoms with E-state index in [9.17, 15) is 0 Å². The van der Waals surface area contributed by atoms with Crippen LogP contribution in [0.4, 0.5) is 0 Å². The topological polar surface area (TPSA) is 53.7 Å². The molecule has 2 aliphatic heterocycles. The molecule has 0 spiro atoms. The van der Waals surface area contributed by atoms with Gasteiger partial charge in [-0.2, -0.15) is 0 Å². The number of benzene rings is 1. The van der Waals surface area contributed by atoms with Crippen LogP contribution in [0.3, 0.4) is 0 Å². The van der Waals surface area contributed by atoms with Crippen molar-refractivity contribution in [2.75, 3.05) is 20.4 Å². The molecule has 2 heterocycles. The van der Waals surface area contributed by atoms with Gasteiger partial charge in [-0.3, -0.25) is 0 Å². The standard InChI is InChI=1S/C10H10O3.CH5N/c1-2-9-10(13-6-12-9)8-3-4-11-5-7(1)8;1-2/h1-2H,3-6H2;2H2,1H3. The van der Waals surface area contributed by atoms with Crippen molar-refractivity contribution in [3.63, 3.8) is 0 Å². The van der Waals surface area contributed by atoms with Crippen LogP contribution >= 0.6 is 0 Å². The second kappa shape index (κ2) is 4.51. The van der Waals surface area contributed by atoms with Crippen LogP contribution < -0.4 is 15.2 Å². The molecule has 4 nitrogen and oxygen atoms in total. The lowest BCUT2D eigenvalue weighted by atomic mass is 10.0. The first-order valence-corrected chi connectivity index (χ1v) is 5.01. The molecule has 4 heteroatoms. The Balaban J connectivity index is 0.000000404. The van der Waals surface area contributed by atoms with Gasteiger partial charge >= 0.3 is 0 Å². The Hall–Kier alpha value is -1.26. The summed E-state index contributed by atoms with van der Waals surface area (Å²) in [6, 6.07) is 4.01. The average molecular weight is 209 g/mol. The molecule has 0 aromatic heterocycles. The molecule has 2 aliphatic rings. The Labute approximate surface area is 88.9 Å². The number of ether oxygens (including phenoxy) is 3. The number of fused-ring (bicyclic) bond motifs is 3. The van der Waals surface area contributed by atoms with E-state index in [2.05, 4.69) is 11.8 Å². The van der Waals surface area contributed by atoms with E-state index in [1.54, 1.807) is 0 Å². The van der Waals surface area contributed by atoms with E-state index >= 15 is 0 Å². The number of rotatable bonds is 0. The fraction of sp³-hybridized carbons (Fsp3) is 0.455. The van der Waals surface area contributed by atoms with Gasteiger partial charge in [-0.15, -0.1) is 0 Å². The molecule has 0 aliphatic carbocycles. The summed E-state index contributed by atoms with van der Waals surface area (Å²) in [6.45, 7) is 1.84. The highest BCUT2D eigenvalue weighted by Crippen LogP contribution is 2.39. The average Bonchev–Trinajstić information content (AvgIpc) is 2.80. The van der Waals surface area contributed by atoms with Crippen LogP contribution in [0.2, 0.25) is 0 Å². The highest BCUT2D eigenvalue weighted by Gasteiger charge is 2.22. The van der Waals surface area contributed by atoms with E-state index < -0.39 is 0 Å². The van der Waals surface area contributed by atoms with E-state index in [-0.39, 0.29) is 0 Å². The van der Waals surface area contributed by atoms with Crippen molar-refractivity contribution in [2.45, 2.75) is 13.0 Å². The van der Waals surface area contributed by atoms with Gasteiger partial charge in [0.25, 0.3) is 0 Å². The fourth-order valence-corrected chi connectivity index (χ4v) is 1.84. The third-order valence-corrected chi connectivity index (χ3v) is 2.49. The summed E-state index contributed by atoms with van der Waals surface area (Å²) < 4.78 is 16.1. The van der Waals surface area contributed by atoms with Crippen molar-refractivity contribution >= 4 is 0 Å². The molecule has 2 N–H and O–H groups in total. The van der Waals surface area contributed by atoms with Crippen molar-refractivity contribution < 1.29 is 14.2 Å². The van der Waals surface area contributed by atoms with Gasteiger partial charge in [-0.05, 0) is 25.1 Å². The van der Waals surface area contributed by atoms with Crippen molar-refractivity contribution in [3.05, 3.63) is 23.3 Å². The summed E-state index contributed by atoms with van der Waals surface area (Å²) in [5.41, 5.74) is 7.00. The molecule has 0 atom stereocenters. The number of hydrogen-bond acceptors (Lipinski definition) is 4. The molecular formula is C11H15NO3. The zero-order valence-electron chi connectivity index (χ0n) is 8.79. The Morgan fingerprint density at radius 1 is 1.20 bits per heavy atom. The van der Waals surface area contributed by atoms with E-state index in [0.29, 0.717) is 13.4 Å². The molecule has 0 unspecified atom stereocenters. The third-order valence-electron chi connectivity index (χ3n) is 2.49. The molecular weight excluding hydrogens is 194 g/mol. The predicted octanol–water partition coefficient (Wildman–Crippen LogP) is 1.06. The van der Waals surface area contributed by atoms with Crippen LogP contribution in [-0.2, 0) is 17.8 Å². The Morgan fingerprint density at radius 2 is 2.07 bits per heavy atom. The molecule has 0 saturated heterocycles. The van der Waals surface area contributed by atoms with Gasteiger partial charge in [0.2, 0.25) is 6.79 Å². The molecule has 1 aromatic carbocycles. The van der Waals surface area contributed by atoms with Gasteiger partial charge in [-0.25, -0.2) is 0 Å². The summed E-state index contributed by atoms with van der Waals surface area (Å²) in [4.78, 5) is 0. The molecule has 0 fully saturated rings. The van der Waals surface area contributed by atoms with Crippen LogP contribution in [0.25, 0.3) is 0 Å². The first kappa shape index (κ1) is 10.3. The lowest BCUT2D eigenvalue weighted by Gasteiger charge is -2.17. The van der Waals surface area contributed by atoms with Crippen molar-refractivity contribution in [3.8, 4) is 11.5 Å². The van der Waals surface area contributed by atoms with Crippen LogP contribution in [0.1, 0.15) is 11.1 Å². The Bertz CT molecular complexity index is 352. The number of hydrogen-bond donors (Lipinski definition) is 1. The second-order valence-electron chi connectivity index (χ2n) is 3.24. The second-order valence-corrected chi connectivity index (χ2v) is 3.24. The lowest BCUT2D eigenvalue weighted by Crippen LogP contribution is -2.10. The minimum atomic E-state index is 0.354. The van der Waals surface area contributed by atoms with Crippen LogP contribution in [0.15, 0.2) is 12.1 Å². The van der Waals surface area contributed by atoms with Gasteiger partial charge < -0.3 is 19.9 Å². The van der Waals surface area contributed by atoms with Crippen molar-refractivity contribution in [1.82, 2.24) is 0 Å². The molecule has 1 aromatic rings. The summed E-state index contributed by atoms with van der Waals surface area (Å²) in [6.07, 6.45) is 0.932. The Morgan fingerprint density at radius 3 is 2.93 bits per heavy atom. The first-order valence-electron chi connectivity index (χ1n) is 5.01. The highest BCUT2D eigenvalue weighted by atomic mass is 16.7. The minimum absolute atomic E-state index is 0.354. The fourth-order valence-electron chi connectivity index (χ4n) is 1.84. The minimum Gasteiger partial charge on any atom is -0.454 e. The van der Waals surface area contributed by atoms with E-state index in [4.69, 9.17) is 14.2 Å². The van der Waals surface area contributed by atoms with Crippen molar-refractivity contribution in [1.29, 1.82) is 0 Å². The normalized spacial score (nSPS) is 16.4. The number of nitrogens with two attached hydrogens (primary N) is 1. The molecule has 0 saturated carbocycles. The van der Waals surface area contributed by atoms with E-state index in [1.165, 1.54) is 18.2 Å². The van der Waals surface area contributed by atoms with E-state index in [1.807, 2.05) is 6.07 Å². The molecule has 3 rings (SSSR count). The van der Waals surface area contributed by atoms with Crippen LogP contribution in [-0.4, -0.2) is 20.4 Å². The molecule has 82 valence electrons. The zero-order valence-corrected chi connectivity index (χ0v) is 8.79. The van der Waals surface area contributed by atoms with Gasteiger partial charge in [0, 0.05) is 5.56 Å². The first-order chi connectivity index (χ1) is 7.45. The van der Waals surface area contributed by atoms with Crippen LogP contribution in [0.5, 0.6) is 11.5 Å². The van der Waals surface area contributed by atoms with Crippen LogP contribution in [0, 0.1) is 0 Å². The summed E-state index contributed by atoms with van der Waals surface area (Å²) in [5.74, 6) is 1.81.